The van der Waals surface area contributed by atoms with E-state index < -0.39 is 0 Å². The molecule has 2 atom stereocenters. The Morgan fingerprint density at radius 1 is 1.43 bits per heavy atom. The lowest BCUT2D eigenvalue weighted by atomic mass is 9.79. The monoisotopic (exact) mass is 321 g/mol. The van der Waals surface area contributed by atoms with E-state index in [2.05, 4.69) is 34.4 Å². The van der Waals surface area contributed by atoms with Crippen molar-refractivity contribution in [1.29, 1.82) is 0 Å². The normalized spacial score (nSPS) is 32.6. The molecule has 3 saturated heterocycles. The predicted octanol–water partition coefficient (Wildman–Crippen LogP) is 0.648. The lowest BCUT2D eigenvalue weighted by Gasteiger charge is -2.41. The first-order valence-electron chi connectivity index (χ1n) is 9.12. The maximum absolute atomic E-state index is 11.7. The standard InChI is InChI=1S/C17H31N5O/c1-3-18-16(19-11-14-6-4-8-21(14)2)22-9-5-7-17(13-22)10-15(23)20-12-17/h14H,3-13H2,1-2H3,(H,18,19)(H,20,23). The van der Waals surface area contributed by atoms with Gasteiger partial charge in [0.05, 0.1) is 6.54 Å². The molecular formula is C17H31N5O. The van der Waals surface area contributed by atoms with Crippen LogP contribution in [0.15, 0.2) is 4.99 Å². The van der Waals surface area contributed by atoms with Crippen LogP contribution in [0.25, 0.3) is 0 Å². The fourth-order valence-corrected chi connectivity index (χ4v) is 4.26. The summed E-state index contributed by atoms with van der Waals surface area (Å²) in [5.41, 5.74) is 0.121. The molecule has 3 aliphatic rings. The van der Waals surface area contributed by atoms with Crippen LogP contribution in [0.2, 0.25) is 0 Å². The van der Waals surface area contributed by atoms with Crippen LogP contribution >= 0.6 is 0 Å². The van der Waals surface area contributed by atoms with Crippen LogP contribution in [-0.2, 0) is 4.79 Å². The third-order valence-corrected chi connectivity index (χ3v) is 5.62. The fourth-order valence-electron chi connectivity index (χ4n) is 4.26. The van der Waals surface area contributed by atoms with Crippen molar-refractivity contribution in [3.63, 3.8) is 0 Å². The lowest BCUT2D eigenvalue weighted by molar-refractivity contribution is -0.119. The van der Waals surface area contributed by atoms with E-state index in [0.29, 0.717) is 12.5 Å². The minimum Gasteiger partial charge on any atom is -0.357 e. The Kier molecular flexibility index (Phi) is 5.09. The molecule has 1 spiro atoms. The number of guanidine groups is 1. The molecule has 6 nitrogen and oxygen atoms in total. The Balaban J connectivity index is 1.66. The van der Waals surface area contributed by atoms with Crippen LogP contribution in [0, 0.1) is 5.41 Å². The Hall–Kier alpha value is -1.30. The van der Waals surface area contributed by atoms with E-state index in [-0.39, 0.29) is 11.3 Å². The fraction of sp³-hybridized carbons (Fsp3) is 0.882. The zero-order valence-electron chi connectivity index (χ0n) is 14.6. The molecule has 3 aliphatic heterocycles. The van der Waals surface area contributed by atoms with Gasteiger partial charge in [-0.15, -0.1) is 0 Å². The van der Waals surface area contributed by atoms with Gasteiger partial charge in [0.25, 0.3) is 0 Å². The first kappa shape index (κ1) is 16.6. The molecule has 6 heteroatoms. The van der Waals surface area contributed by atoms with Crippen LogP contribution in [0.4, 0.5) is 0 Å². The van der Waals surface area contributed by atoms with Gasteiger partial charge >= 0.3 is 0 Å². The number of hydrogen-bond acceptors (Lipinski definition) is 3. The van der Waals surface area contributed by atoms with Crippen molar-refractivity contribution in [2.45, 2.75) is 45.1 Å². The average Bonchev–Trinajstić information content (AvgIpc) is 3.10. The zero-order chi connectivity index (χ0) is 16.3. The third-order valence-electron chi connectivity index (χ3n) is 5.62. The van der Waals surface area contributed by atoms with Crippen molar-refractivity contribution in [1.82, 2.24) is 20.4 Å². The highest BCUT2D eigenvalue weighted by molar-refractivity contribution is 5.81. The van der Waals surface area contributed by atoms with Crippen LogP contribution in [0.3, 0.4) is 0 Å². The molecular weight excluding hydrogens is 290 g/mol. The smallest absolute Gasteiger partial charge is 0.220 e. The van der Waals surface area contributed by atoms with E-state index in [0.717, 1.165) is 51.5 Å². The number of nitrogens with one attached hydrogen (secondary N) is 2. The van der Waals surface area contributed by atoms with Crippen molar-refractivity contribution in [3.8, 4) is 0 Å². The van der Waals surface area contributed by atoms with Crippen LogP contribution in [0.5, 0.6) is 0 Å². The largest absolute Gasteiger partial charge is 0.357 e. The molecule has 23 heavy (non-hydrogen) atoms. The second-order valence-corrected chi connectivity index (χ2v) is 7.45. The number of amides is 1. The second-order valence-electron chi connectivity index (χ2n) is 7.45. The van der Waals surface area contributed by atoms with Crippen molar-refractivity contribution >= 4 is 11.9 Å². The topological polar surface area (TPSA) is 60.0 Å². The molecule has 2 unspecified atom stereocenters. The number of rotatable bonds is 3. The van der Waals surface area contributed by atoms with Gasteiger partial charge in [-0.25, -0.2) is 0 Å². The van der Waals surface area contributed by atoms with Crippen LogP contribution < -0.4 is 10.6 Å². The molecule has 0 saturated carbocycles. The van der Waals surface area contributed by atoms with Gasteiger partial charge in [0.2, 0.25) is 5.91 Å². The van der Waals surface area contributed by atoms with Crippen molar-refractivity contribution in [3.05, 3.63) is 0 Å². The Morgan fingerprint density at radius 3 is 2.96 bits per heavy atom. The van der Waals surface area contributed by atoms with Gasteiger partial charge in [-0.1, -0.05) is 0 Å². The molecule has 0 radical (unpaired) electrons. The highest BCUT2D eigenvalue weighted by atomic mass is 16.1. The number of aliphatic imine (C=N–C) groups is 1. The Bertz CT molecular complexity index is 466. The summed E-state index contributed by atoms with van der Waals surface area (Å²) in [5, 5.41) is 6.48. The van der Waals surface area contributed by atoms with Gasteiger partial charge in [0.15, 0.2) is 5.96 Å². The van der Waals surface area contributed by atoms with E-state index in [1.807, 2.05) is 0 Å². The number of carbonyl (C=O) groups is 1. The maximum Gasteiger partial charge on any atom is 0.220 e. The first-order valence-corrected chi connectivity index (χ1v) is 9.12. The summed E-state index contributed by atoms with van der Waals surface area (Å²) >= 11 is 0. The van der Waals surface area contributed by atoms with Gasteiger partial charge in [-0.05, 0) is 46.2 Å². The van der Waals surface area contributed by atoms with E-state index in [1.54, 1.807) is 0 Å². The van der Waals surface area contributed by atoms with Gasteiger partial charge < -0.3 is 20.4 Å². The highest BCUT2D eigenvalue weighted by Gasteiger charge is 2.42. The Morgan fingerprint density at radius 2 is 2.30 bits per heavy atom. The molecule has 0 aromatic rings. The number of nitrogens with zero attached hydrogens (tertiary/aromatic N) is 3. The minimum absolute atomic E-state index is 0.121. The van der Waals surface area contributed by atoms with Crippen molar-refractivity contribution < 1.29 is 4.79 Å². The van der Waals surface area contributed by atoms with Gasteiger partial charge in [0.1, 0.15) is 0 Å². The first-order chi connectivity index (χ1) is 11.1. The summed E-state index contributed by atoms with van der Waals surface area (Å²) in [6, 6.07) is 0.581. The number of carbonyl (C=O) groups excluding carboxylic acids is 1. The number of likely N-dealkylation sites (N-methyl/N-ethyl adjacent to an activating group) is 1. The number of piperidine rings is 1. The summed E-state index contributed by atoms with van der Waals surface area (Å²) in [4.78, 5) is 21.4. The second kappa shape index (κ2) is 7.07. The summed E-state index contributed by atoms with van der Waals surface area (Å²) < 4.78 is 0. The molecule has 0 aromatic carbocycles. The summed E-state index contributed by atoms with van der Waals surface area (Å²) in [7, 11) is 2.20. The molecule has 0 aromatic heterocycles. The third kappa shape index (κ3) is 3.79. The number of hydrogen-bond donors (Lipinski definition) is 2. The summed E-state index contributed by atoms with van der Waals surface area (Å²) in [6.45, 7) is 7.89. The van der Waals surface area contributed by atoms with Crippen LogP contribution in [0.1, 0.15) is 39.0 Å². The molecule has 130 valence electrons. The van der Waals surface area contributed by atoms with E-state index >= 15 is 0 Å². The summed E-state index contributed by atoms with van der Waals surface area (Å²) in [6.07, 6.45) is 5.50. The van der Waals surface area contributed by atoms with E-state index in [4.69, 9.17) is 4.99 Å². The van der Waals surface area contributed by atoms with Crippen molar-refractivity contribution in [2.24, 2.45) is 10.4 Å². The number of likely N-dealkylation sites (tertiary alicyclic amines) is 2. The Labute approximate surface area is 139 Å². The molecule has 0 bridgehead atoms. The maximum atomic E-state index is 11.7. The molecule has 1 amide bonds. The van der Waals surface area contributed by atoms with E-state index in [1.165, 1.54) is 19.4 Å². The quantitative estimate of drug-likeness (QED) is 0.592. The predicted molar refractivity (Wildman–Crippen MR) is 92.5 cm³/mol. The molecule has 3 heterocycles. The summed E-state index contributed by atoms with van der Waals surface area (Å²) in [5.74, 6) is 1.24. The molecule has 0 aliphatic carbocycles. The van der Waals surface area contributed by atoms with E-state index in [9.17, 15) is 4.79 Å². The highest BCUT2D eigenvalue weighted by Crippen LogP contribution is 2.36. The van der Waals surface area contributed by atoms with Gasteiger partial charge in [-0.2, -0.15) is 0 Å². The molecule has 2 N–H and O–H groups in total. The van der Waals surface area contributed by atoms with Gasteiger partial charge in [-0.3, -0.25) is 9.79 Å². The molecule has 3 fully saturated rings. The average molecular weight is 321 g/mol. The minimum atomic E-state index is 0.121. The SMILES string of the molecule is CCNC(=NCC1CCCN1C)N1CCCC2(CNC(=O)C2)C1. The zero-order valence-corrected chi connectivity index (χ0v) is 14.6. The molecule has 3 rings (SSSR count). The lowest BCUT2D eigenvalue weighted by Crippen LogP contribution is -2.51. The van der Waals surface area contributed by atoms with Crippen molar-refractivity contribution in [2.75, 3.05) is 46.3 Å². The van der Waals surface area contributed by atoms with Gasteiger partial charge in [0, 0.05) is 44.1 Å². The van der Waals surface area contributed by atoms with Crippen LogP contribution in [-0.4, -0.2) is 74.0 Å².